The Labute approximate surface area is 212 Å². The van der Waals surface area contributed by atoms with E-state index in [4.69, 9.17) is 42.8 Å². The SMILES string of the molecule is C[C@@H](Oc1c(N)ncc2c(C3=CCN(C(=O)OC(C)(C)C)CC3)coc12)c1c(Cl)ccc(F)c1Cl. The van der Waals surface area contributed by atoms with E-state index in [1.807, 2.05) is 26.8 Å². The van der Waals surface area contributed by atoms with Crippen LogP contribution in [-0.2, 0) is 4.74 Å². The molecule has 0 bridgehead atoms. The largest absolute Gasteiger partial charge is 0.478 e. The lowest BCUT2D eigenvalue weighted by Gasteiger charge is -2.29. The summed E-state index contributed by atoms with van der Waals surface area (Å²) in [6.07, 6.45) is 4.72. The number of nitrogens with two attached hydrogens (primary N) is 1. The zero-order valence-electron chi connectivity index (χ0n) is 19.8. The van der Waals surface area contributed by atoms with Gasteiger partial charge in [-0.2, -0.15) is 0 Å². The third kappa shape index (κ3) is 5.18. The van der Waals surface area contributed by atoms with Gasteiger partial charge in [-0.25, -0.2) is 14.2 Å². The molecule has 2 N–H and O–H groups in total. The number of ether oxygens (including phenoxy) is 2. The summed E-state index contributed by atoms with van der Waals surface area (Å²) < 4.78 is 31.4. The minimum absolute atomic E-state index is 0.114. The number of carbonyl (C=O) groups is 1. The van der Waals surface area contributed by atoms with Crippen LogP contribution in [0.25, 0.3) is 16.5 Å². The van der Waals surface area contributed by atoms with Gasteiger partial charge in [0, 0.05) is 35.4 Å². The zero-order valence-corrected chi connectivity index (χ0v) is 21.3. The van der Waals surface area contributed by atoms with Crippen molar-refractivity contribution in [2.45, 2.75) is 45.8 Å². The molecule has 7 nitrogen and oxygen atoms in total. The monoisotopic (exact) mass is 521 g/mol. The Bertz CT molecular complexity index is 1320. The molecule has 2 aromatic heterocycles. The normalized spacial score (nSPS) is 15.2. The van der Waals surface area contributed by atoms with Gasteiger partial charge in [0.15, 0.2) is 11.4 Å². The molecule has 1 amide bonds. The van der Waals surface area contributed by atoms with E-state index in [2.05, 4.69) is 4.98 Å². The molecule has 1 aliphatic heterocycles. The number of pyridine rings is 1. The summed E-state index contributed by atoms with van der Waals surface area (Å²) in [5, 5.41) is 0.852. The van der Waals surface area contributed by atoms with Crippen LogP contribution < -0.4 is 10.5 Å². The summed E-state index contributed by atoms with van der Waals surface area (Å²) >= 11 is 12.4. The minimum Gasteiger partial charge on any atom is -0.478 e. The summed E-state index contributed by atoms with van der Waals surface area (Å²) in [7, 11) is 0. The fourth-order valence-corrected chi connectivity index (χ4v) is 4.58. The quantitative estimate of drug-likeness (QED) is 0.371. The first-order valence-electron chi connectivity index (χ1n) is 11.1. The van der Waals surface area contributed by atoms with Crippen molar-refractivity contribution in [3.8, 4) is 5.75 Å². The number of nitrogens with zero attached hydrogens (tertiary/aromatic N) is 2. The maximum atomic E-state index is 14.0. The number of benzene rings is 1. The van der Waals surface area contributed by atoms with Crippen LogP contribution in [0.5, 0.6) is 5.75 Å². The molecule has 186 valence electrons. The van der Waals surface area contributed by atoms with Crippen molar-refractivity contribution >= 4 is 51.7 Å². The molecule has 35 heavy (non-hydrogen) atoms. The standard InChI is InChI=1S/C25H26Cl2FN3O4/c1-13(19-17(26)5-6-18(28)20(19)27)34-22-21-15(11-30-23(22)29)16(12-33-21)14-7-9-31(10-8-14)24(32)35-25(2,3)4/h5-7,11-13H,8-10H2,1-4H3,(H2,29,30)/t13-/m1/s1. The van der Waals surface area contributed by atoms with Crippen molar-refractivity contribution in [1.29, 1.82) is 0 Å². The van der Waals surface area contributed by atoms with Crippen LogP contribution >= 0.6 is 23.2 Å². The zero-order chi connectivity index (χ0) is 25.5. The van der Waals surface area contributed by atoms with E-state index in [1.165, 1.54) is 12.1 Å². The summed E-state index contributed by atoms with van der Waals surface area (Å²) in [4.78, 5) is 18.3. The first-order chi connectivity index (χ1) is 16.5. The molecule has 3 aromatic rings. The molecule has 0 fully saturated rings. The van der Waals surface area contributed by atoms with Crippen LogP contribution in [0.1, 0.15) is 51.3 Å². The van der Waals surface area contributed by atoms with E-state index in [0.29, 0.717) is 36.0 Å². The third-order valence-electron chi connectivity index (χ3n) is 5.59. The van der Waals surface area contributed by atoms with Gasteiger partial charge in [-0.3, -0.25) is 0 Å². The van der Waals surface area contributed by atoms with E-state index in [-0.39, 0.29) is 27.7 Å². The summed E-state index contributed by atoms with van der Waals surface area (Å²) in [5.74, 6) is -0.275. The Kier molecular flexibility index (Phi) is 6.88. The van der Waals surface area contributed by atoms with Crippen molar-refractivity contribution in [3.63, 3.8) is 0 Å². The van der Waals surface area contributed by atoms with Crippen molar-refractivity contribution in [1.82, 2.24) is 9.88 Å². The lowest BCUT2D eigenvalue weighted by atomic mass is 9.99. The average molecular weight is 522 g/mol. The van der Waals surface area contributed by atoms with Gasteiger partial charge in [0.2, 0.25) is 5.75 Å². The highest BCUT2D eigenvalue weighted by Crippen LogP contribution is 2.41. The number of rotatable bonds is 4. The summed E-state index contributed by atoms with van der Waals surface area (Å²) in [6.45, 7) is 8.11. The van der Waals surface area contributed by atoms with Gasteiger partial charge in [0.25, 0.3) is 0 Å². The lowest BCUT2D eigenvalue weighted by molar-refractivity contribution is 0.0270. The maximum absolute atomic E-state index is 14.0. The number of aromatic nitrogens is 1. The highest BCUT2D eigenvalue weighted by atomic mass is 35.5. The molecule has 1 aliphatic rings. The second-order valence-electron chi connectivity index (χ2n) is 9.29. The number of halogens is 3. The smallest absolute Gasteiger partial charge is 0.410 e. The van der Waals surface area contributed by atoms with Crippen LogP contribution in [0.15, 0.2) is 35.1 Å². The molecule has 3 heterocycles. The van der Waals surface area contributed by atoms with Crippen molar-refractivity contribution in [2.75, 3.05) is 18.8 Å². The highest BCUT2D eigenvalue weighted by Gasteiger charge is 2.27. The number of carbonyl (C=O) groups excluding carboxylic acids is 1. The minimum atomic E-state index is -0.731. The van der Waals surface area contributed by atoms with E-state index in [9.17, 15) is 9.18 Å². The van der Waals surface area contributed by atoms with Crippen molar-refractivity contribution in [2.24, 2.45) is 0 Å². The molecule has 0 saturated heterocycles. The molecule has 0 radical (unpaired) electrons. The number of fused-ring (bicyclic) bond motifs is 1. The van der Waals surface area contributed by atoms with Gasteiger partial charge in [-0.05, 0) is 51.8 Å². The highest BCUT2D eigenvalue weighted by molar-refractivity contribution is 6.36. The second-order valence-corrected chi connectivity index (χ2v) is 10.1. The summed E-state index contributed by atoms with van der Waals surface area (Å²) in [5.41, 5.74) is 8.08. The Hall–Kier alpha value is -2.97. The van der Waals surface area contributed by atoms with E-state index in [1.54, 1.807) is 24.3 Å². The molecule has 0 saturated carbocycles. The number of furan rings is 1. The second kappa shape index (κ2) is 9.59. The lowest BCUT2D eigenvalue weighted by Crippen LogP contribution is -2.39. The third-order valence-corrected chi connectivity index (χ3v) is 6.30. The van der Waals surface area contributed by atoms with Gasteiger partial charge in [-0.1, -0.05) is 29.3 Å². The molecule has 1 aromatic carbocycles. The van der Waals surface area contributed by atoms with Crippen LogP contribution in [0.3, 0.4) is 0 Å². The predicted molar refractivity (Wildman–Crippen MR) is 134 cm³/mol. The molecular formula is C25H26Cl2FN3O4. The van der Waals surface area contributed by atoms with Gasteiger partial charge in [0.1, 0.15) is 17.5 Å². The molecule has 0 spiro atoms. The number of hydrogen-bond donors (Lipinski definition) is 1. The van der Waals surface area contributed by atoms with Crippen LogP contribution in [0.4, 0.5) is 15.0 Å². The number of hydrogen-bond acceptors (Lipinski definition) is 6. The molecule has 0 unspecified atom stereocenters. The van der Waals surface area contributed by atoms with Crippen molar-refractivity contribution in [3.05, 3.63) is 57.7 Å². The van der Waals surface area contributed by atoms with E-state index >= 15 is 0 Å². The molecule has 0 aliphatic carbocycles. The Balaban J connectivity index is 1.61. The predicted octanol–water partition coefficient (Wildman–Crippen LogP) is 7.02. The molecular weight excluding hydrogens is 496 g/mol. The fourth-order valence-electron chi connectivity index (χ4n) is 3.90. The van der Waals surface area contributed by atoms with Crippen LogP contribution in [-0.4, -0.2) is 34.7 Å². The Morgan fingerprint density at radius 2 is 2.06 bits per heavy atom. The number of amides is 1. The van der Waals surface area contributed by atoms with E-state index < -0.39 is 17.5 Å². The van der Waals surface area contributed by atoms with Gasteiger partial charge >= 0.3 is 6.09 Å². The van der Waals surface area contributed by atoms with E-state index in [0.717, 1.165) is 11.1 Å². The fraction of sp³-hybridized carbons (Fsp3) is 0.360. The Morgan fingerprint density at radius 1 is 1.31 bits per heavy atom. The first-order valence-corrected chi connectivity index (χ1v) is 11.8. The van der Waals surface area contributed by atoms with Crippen LogP contribution in [0.2, 0.25) is 10.0 Å². The molecule has 4 rings (SSSR count). The van der Waals surface area contributed by atoms with Crippen molar-refractivity contribution < 1.29 is 23.1 Å². The van der Waals surface area contributed by atoms with Crippen LogP contribution in [0, 0.1) is 5.82 Å². The summed E-state index contributed by atoms with van der Waals surface area (Å²) in [6, 6.07) is 2.61. The number of nitrogen functional groups attached to an aromatic ring is 1. The van der Waals surface area contributed by atoms with Gasteiger partial charge in [-0.15, -0.1) is 0 Å². The molecule has 1 atom stereocenters. The number of anilines is 1. The van der Waals surface area contributed by atoms with Gasteiger partial charge in [0.05, 0.1) is 16.7 Å². The molecule has 10 heteroatoms. The van der Waals surface area contributed by atoms with Gasteiger partial charge < -0.3 is 24.5 Å². The average Bonchev–Trinajstić information content (AvgIpc) is 3.22. The Morgan fingerprint density at radius 3 is 2.71 bits per heavy atom. The first kappa shape index (κ1) is 25.1. The topological polar surface area (TPSA) is 90.8 Å². The maximum Gasteiger partial charge on any atom is 0.410 e.